The minimum Gasteiger partial charge on any atom is -0.497 e. The van der Waals surface area contributed by atoms with Crippen molar-refractivity contribution in [3.8, 4) is 5.75 Å². The standard InChI is InChI=1S/C16H18O2.C2H6/c1-18-14-6-8-16-12(10-14)4-2-3-11-9-13(17)5-7-15(11)16;1-2/h6,8-10,15H,2-5,7H2,1H3;1-2H3. The van der Waals surface area contributed by atoms with Gasteiger partial charge in [0.15, 0.2) is 5.78 Å². The summed E-state index contributed by atoms with van der Waals surface area (Å²) in [6, 6.07) is 6.39. The molecule has 0 heterocycles. The van der Waals surface area contributed by atoms with Gasteiger partial charge in [0.05, 0.1) is 7.11 Å². The molecule has 2 nitrogen and oxygen atoms in total. The van der Waals surface area contributed by atoms with E-state index in [0.717, 1.165) is 31.4 Å². The average molecular weight is 272 g/mol. The summed E-state index contributed by atoms with van der Waals surface area (Å²) in [7, 11) is 1.71. The molecule has 108 valence electrons. The smallest absolute Gasteiger partial charge is 0.155 e. The van der Waals surface area contributed by atoms with Crippen LogP contribution in [-0.4, -0.2) is 12.9 Å². The normalized spacial score (nSPS) is 20.6. The van der Waals surface area contributed by atoms with Crippen molar-refractivity contribution >= 4 is 5.78 Å². The van der Waals surface area contributed by atoms with Crippen LogP contribution in [0, 0.1) is 0 Å². The zero-order valence-electron chi connectivity index (χ0n) is 12.7. The summed E-state index contributed by atoms with van der Waals surface area (Å²) >= 11 is 0. The Labute approximate surface area is 121 Å². The van der Waals surface area contributed by atoms with Gasteiger partial charge in [-0.1, -0.05) is 25.5 Å². The lowest BCUT2D eigenvalue weighted by Crippen LogP contribution is -2.12. The molecule has 0 spiro atoms. The molecular formula is C18H24O2. The van der Waals surface area contributed by atoms with Crippen molar-refractivity contribution in [2.24, 2.45) is 0 Å². The number of carbonyl (C=O) groups excluding carboxylic acids is 1. The van der Waals surface area contributed by atoms with Crippen LogP contribution in [-0.2, 0) is 11.2 Å². The molecule has 0 saturated heterocycles. The molecule has 0 saturated carbocycles. The molecular weight excluding hydrogens is 248 g/mol. The zero-order valence-corrected chi connectivity index (χ0v) is 12.7. The van der Waals surface area contributed by atoms with Crippen LogP contribution in [0.4, 0.5) is 0 Å². The summed E-state index contributed by atoms with van der Waals surface area (Å²) in [6.45, 7) is 4.00. The van der Waals surface area contributed by atoms with E-state index in [9.17, 15) is 4.79 Å². The van der Waals surface area contributed by atoms with Crippen molar-refractivity contribution in [2.75, 3.05) is 7.11 Å². The van der Waals surface area contributed by atoms with Crippen molar-refractivity contribution < 1.29 is 9.53 Å². The number of hydrogen-bond donors (Lipinski definition) is 0. The van der Waals surface area contributed by atoms with Crippen LogP contribution in [0.1, 0.15) is 56.6 Å². The van der Waals surface area contributed by atoms with Crippen LogP contribution in [0.5, 0.6) is 5.75 Å². The molecule has 3 rings (SSSR count). The molecule has 1 aromatic rings. The topological polar surface area (TPSA) is 26.3 Å². The van der Waals surface area contributed by atoms with Crippen LogP contribution in [0.2, 0.25) is 0 Å². The summed E-state index contributed by atoms with van der Waals surface area (Å²) in [5.74, 6) is 1.71. The van der Waals surface area contributed by atoms with E-state index in [1.807, 2.05) is 26.0 Å². The maximum atomic E-state index is 11.5. The fourth-order valence-electron chi connectivity index (χ4n) is 3.20. The molecule has 2 aliphatic carbocycles. The van der Waals surface area contributed by atoms with Crippen LogP contribution in [0.25, 0.3) is 0 Å². The molecule has 1 aromatic carbocycles. The lowest BCUT2D eigenvalue weighted by atomic mass is 9.81. The number of ketones is 1. The van der Waals surface area contributed by atoms with Gasteiger partial charge in [0, 0.05) is 12.3 Å². The minimum absolute atomic E-state index is 0.304. The third kappa shape index (κ3) is 2.95. The molecule has 0 amide bonds. The van der Waals surface area contributed by atoms with Crippen LogP contribution >= 0.6 is 0 Å². The van der Waals surface area contributed by atoms with Gasteiger partial charge in [0.2, 0.25) is 0 Å². The number of hydrogen-bond acceptors (Lipinski definition) is 2. The largest absolute Gasteiger partial charge is 0.497 e. The van der Waals surface area contributed by atoms with Gasteiger partial charge in [-0.25, -0.2) is 0 Å². The van der Waals surface area contributed by atoms with E-state index >= 15 is 0 Å². The first-order valence-electron chi connectivity index (χ1n) is 7.68. The number of methoxy groups -OCH3 is 1. The Morgan fingerprint density at radius 1 is 1.15 bits per heavy atom. The highest BCUT2D eigenvalue weighted by Gasteiger charge is 2.27. The first-order valence-corrected chi connectivity index (χ1v) is 7.68. The van der Waals surface area contributed by atoms with Gasteiger partial charge in [-0.05, 0) is 55.0 Å². The highest BCUT2D eigenvalue weighted by Crippen LogP contribution is 2.40. The molecule has 0 N–H and O–H groups in total. The van der Waals surface area contributed by atoms with Gasteiger partial charge in [-0.2, -0.15) is 0 Å². The van der Waals surface area contributed by atoms with Crippen molar-refractivity contribution in [3.63, 3.8) is 0 Å². The maximum absolute atomic E-state index is 11.5. The van der Waals surface area contributed by atoms with Crippen molar-refractivity contribution in [1.82, 2.24) is 0 Å². The number of ether oxygens (including phenoxy) is 1. The molecule has 0 aromatic heterocycles. The second kappa shape index (κ2) is 6.74. The van der Waals surface area contributed by atoms with Gasteiger partial charge in [0.25, 0.3) is 0 Å². The van der Waals surface area contributed by atoms with Crippen LogP contribution < -0.4 is 4.74 Å². The van der Waals surface area contributed by atoms with Gasteiger partial charge < -0.3 is 4.74 Å². The van der Waals surface area contributed by atoms with E-state index in [1.54, 1.807) is 7.11 Å². The molecule has 20 heavy (non-hydrogen) atoms. The van der Waals surface area contributed by atoms with Crippen LogP contribution in [0.15, 0.2) is 29.8 Å². The SMILES string of the molecule is CC.COc1ccc2c(c1)CCCC1=CC(=O)CCC12. The predicted molar refractivity (Wildman–Crippen MR) is 82.3 cm³/mol. The minimum atomic E-state index is 0.304. The quantitative estimate of drug-likeness (QED) is 0.756. The number of allylic oxidation sites excluding steroid dienone is 2. The number of rotatable bonds is 1. The Kier molecular flexibility index (Phi) is 4.99. The summed E-state index contributed by atoms with van der Waals surface area (Å²) in [5, 5.41) is 0. The van der Waals surface area contributed by atoms with Crippen LogP contribution in [0.3, 0.4) is 0 Å². The summed E-state index contributed by atoms with van der Waals surface area (Å²) in [6.07, 6.45) is 6.86. The summed E-state index contributed by atoms with van der Waals surface area (Å²) in [5.41, 5.74) is 4.15. The van der Waals surface area contributed by atoms with E-state index in [0.29, 0.717) is 18.1 Å². The van der Waals surface area contributed by atoms with Crippen molar-refractivity contribution in [2.45, 2.75) is 51.9 Å². The summed E-state index contributed by atoms with van der Waals surface area (Å²) < 4.78 is 5.31. The highest BCUT2D eigenvalue weighted by molar-refractivity contribution is 5.91. The lowest BCUT2D eigenvalue weighted by Gasteiger charge is -2.23. The number of benzene rings is 1. The monoisotopic (exact) mass is 272 g/mol. The van der Waals surface area contributed by atoms with Gasteiger partial charge in [0.1, 0.15) is 5.75 Å². The van der Waals surface area contributed by atoms with E-state index in [1.165, 1.54) is 16.7 Å². The van der Waals surface area contributed by atoms with E-state index in [-0.39, 0.29) is 0 Å². The Balaban J connectivity index is 0.000000704. The Morgan fingerprint density at radius 2 is 1.95 bits per heavy atom. The highest BCUT2D eigenvalue weighted by atomic mass is 16.5. The average Bonchev–Trinajstić information content (AvgIpc) is 2.67. The lowest BCUT2D eigenvalue weighted by molar-refractivity contribution is -0.115. The predicted octanol–water partition coefficient (Wildman–Crippen LogP) is 4.43. The molecule has 1 atom stereocenters. The second-order valence-corrected chi connectivity index (χ2v) is 5.20. The summed E-state index contributed by atoms with van der Waals surface area (Å²) in [4.78, 5) is 11.5. The molecule has 1 unspecified atom stereocenters. The number of carbonyl (C=O) groups is 1. The van der Waals surface area contributed by atoms with E-state index < -0.39 is 0 Å². The fraction of sp³-hybridized carbons (Fsp3) is 0.500. The number of fused-ring (bicyclic) bond motifs is 3. The molecule has 0 aliphatic heterocycles. The second-order valence-electron chi connectivity index (χ2n) is 5.20. The molecule has 0 radical (unpaired) electrons. The van der Waals surface area contributed by atoms with Crippen molar-refractivity contribution in [1.29, 1.82) is 0 Å². The Bertz CT molecular complexity index is 514. The van der Waals surface area contributed by atoms with E-state index in [2.05, 4.69) is 12.1 Å². The number of aryl methyl sites for hydroxylation is 1. The maximum Gasteiger partial charge on any atom is 0.155 e. The Morgan fingerprint density at radius 3 is 2.70 bits per heavy atom. The molecule has 0 bridgehead atoms. The third-order valence-electron chi connectivity index (χ3n) is 4.11. The molecule has 0 fully saturated rings. The van der Waals surface area contributed by atoms with E-state index in [4.69, 9.17) is 4.74 Å². The van der Waals surface area contributed by atoms with Crippen molar-refractivity contribution in [3.05, 3.63) is 41.0 Å². The van der Waals surface area contributed by atoms with Gasteiger partial charge in [-0.3, -0.25) is 4.79 Å². The molecule has 2 aliphatic rings. The van der Waals surface area contributed by atoms with Gasteiger partial charge in [-0.15, -0.1) is 0 Å². The van der Waals surface area contributed by atoms with Gasteiger partial charge >= 0.3 is 0 Å². The molecule has 2 heteroatoms. The Hall–Kier alpha value is -1.57. The first-order chi connectivity index (χ1) is 9.78. The fourth-order valence-corrected chi connectivity index (χ4v) is 3.20. The first kappa shape index (κ1) is 14.8. The zero-order chi connectivity index (χ0) is 14.5. The third-order valence-corrected chi connectivity index (χ3v) is 4.11.